The maximum atomic E-state index is 12.3. The minimum Gasteiger partial charge on any atom is -0.492 e. The second-order valence-corrected chi connectivity index (χ2v) is 5.83. The van der Waals surface area contributed by atoms with Gasteiger partial charge in [-0.1, -0.05) is 18.2 Å². The molecule has 1 amide bonds. The molecule has 1 heterocycles. The number of hydrogen-bond acceptors (Lipinski definition) is 3. The van der Waals surface area contributed by atoms with E-state index in [0.29, 0.717) is 6.61 Å². The van der Waals surface area contributed by atoms with Gasteiger partial charge >= 0.3 is 0 Å². The first-order chi connectivity index (χ1) is 9.72. The third kappa shape index (κ3) is 2.96. The zero-order chi connectivity index (χ0) is 13.9. The van der Waals surface area contributed by atoms with Crippen LogP contribution in [0.3, 0.4) is 0 Å². The maximum absolute atomic E-state index is 12.3. The van der Waals surface area contributed by atoms with Gasteiger partial charge in [0, 0.05) is 6.04 Å². The largest absolute Gasteiger partial charge is 0.492 e. The van der Waals surface area contributed by atoms with E-state index in [9.17, 15) is 9.90 Å². The van der Waals surface area contributed by atoms with Crippen LogP contribution in [0.2, 0.25) is 0 Å². The number of aliphatic hydroxyl groups excluding tert-OH is 1. The summed E-state index contributed by atoms with van der Waals surface area (Å²) in [5.74, 6) is 0.884. The minimum absolute atomic E-state index is 0.0842. The molecule has 1 unspecified atom stereocenters. The molecule has 4 heteroatoms. The van der Waals surface area contributed by atoms with E-state index in [1.54, 1.807) is 0 Å². The predicted octanol–water partition coefficient (Wildman–Crippen LogP) is 1.66. The third-order valence-electron chi connectivity index (χ3n) is 4.29. The molecule has 1 aliphatic heterocycles. The van der Waals surface area contributed by atoms with Gasteiger partial charge in [0.15, 0.2) is 0 Å². The Morgan fingerprint density at radius 2 is 1.95 bits per heavy atom. The molecule has 0 aromatic heterocycles. The highest BCUT2D eigenvalue weighted by atomic mass is 16.5. The summed E-state index contributed by atoms with van der Waals surface area (Å²) in [6.45, 7) is 0.457. The first-order valence-electron chi connectivity index (χ1n) is 7.41. The van der Waals surface area contributed by atoms with Crippen LogP contribution in [0.15, 0.2) is 24.3 Å². The molecule has 0 radical (unpaired) electrons. The molecule has 0 saturated heterocycles. The number of benzene rings is 1. The Labute approximate surface area is 119 Å². The van der Waals surface area contributed by atoms with Crippen LogP contribution in [0, 0.1) is 5.92 Å². The topological polar surface area (TPSA) is 58.6 Å². The van der Waals surface area contributed by atoms with Gasteiger partial charge < -0.3 is 15.2 Å². The number of carbonyl (C=O) groups excluding carboxylic acids is 1. The fraction of sp³-hybridized carbons (Fsp3) is 0.562. The summed E-state index contributed by atoms with van der Waals surface area (Å²) in [4.78, 5) is 12.3. The number of carbonyl (C=O) groups is 1. The third-order valence-corrected chi connectivity index (χ3v) is 4.29. The Balaban J connectivity index is 1.56. The van der Waals surface area contributed by atoms with Gasteiger partial charge in [0.05, 0.1) is 12.0 Å². The van der Waals surface area contributed by atoms with Gasteiger partial charge in [-0.25, -0.2) is 0 Å². The average Bonchev–Trinajstić information content (AvgIpc) is 2.49. The van der Waals surface area contributed by atoms with Gasteiger partial charge in [0.2, 0.25) is 5.91 Å². The molecule has 0 bridgehead atoms. The van der Waals surface area contributed by atoms with E-state index in [1.807, 2.05) is 24.3 Å². The first kappa shape index (κ1) is 13.4. The molecule has 1 aliphatic carbocycles. The molecule has 1 fully saturated rings. The van der Waals surface area contributed by atoms with Crippen LogP contribution in [-0.4, -0.2) is 29.8 Å². The lowest BCUT2D eigenvalue weighted by molar-refractivity contribution is -0.127. The fourth-order valence-corrected chi connectivity index (χ4v) is 3.04. The highest BCUT2D eigenvalue weighted by molar-refractivity contribution is 5.79. The number of aliphatic hydroxyl groups is 1. The van der Waals surface area contributed by atoms with Crippen LogP contribution < -0.4 is 10.1 Å². The summed E-state index contributed by atoms with van der Waals surface area (Å²) in [6, 6.07) is 8.11. The SMILES string of the molecule is O=C(NC1CCC(O)CC1)C1COc2ccccc2C1. The number of nitrogens with one attached hydrogen (secondary N) is 1. The monoisotopic (exact) mass is 275 g/mol. The summed E-state index contributed by atoms with van der Waals surface area (Å²) in [6.07, 6.45) is 3.88. The summed E-state index contributed by atoms with van der Waals surface area (Å²) in [5, 5.41) is 12.6. The predicted molar refractivity (Wildman–Crippen MR) is 75.5 cm³/mol. The van der Waals surface area contributed by atoms with Crippen LogP contribution in [0.4, 0.5) is 0 Å². The lowest BCUT2D eigenvalue weighted by Crippen LogP contribution is -2.44. The summed E-state index contributed by atoms with van der Waals surface area (Å²) in [5.41, 5.74) is 1.11. The van der Waals surface area contributed by atoms with Crippen molar-refractivity contribution in [1.29, 1.82) is 0 Å². The molecule has 3 rings (SSSR count). The van der Waals surface area contributed by atoms with Gasteiger partial charge in [-0.2, -0.15) is 0 Å². The fourth-order valence-electron chi connectivity index (χ4n) is 3.04. The van der Waals surface area contributed by atoms with Crippen molar-refractivity contribution >= 4 is 5.91 Å². The number of ether oxygens (including phenoxy) is 1. The van der Waals surface area contributed by atoms with E-state index in [1.165, 1.54) is 0 Å². The molecule has 1 saturated carbocycles. The number of para-hydroxylation sites is 1. The van der Waals surface area contributed by atoms with Crippen LogP contribution in [-0.2, 0) is 11.2 Å². The Morgan fingerprint density at radius 1 is 1.20 bits per heavy atom. The van der Waals surface area contributed by atoms with Gasteiger partial charge in [-0.15, -0.1) is 0 Å². The second-order valence-electron chi connectivity index (χ2n) is 5.83. The molecule has 108 valence electrons. The quantitative estimate of drug-likeness (QED) is 0.863. The molecule has 2 N–H and O–H groups in total. The van der Waals surface area contributed by atoms with E-state index in [4.69, 9.17) is 4.74 Å². The van der Waals surface area contributed by atoms with E-state index < -0.39 is 0 Å². The highest BCUT2D eigenvalue weighted by Gasteiger charge is 2.28. The van der Waals surface area contributed by atoms with Crippen molar-refractivity contribution < 1.29 is 14.6 Å². The van der Waals surface area contributed by atoms with Crippen LogP contribution in [0.25, 0.3) is 0 Å². The van der Waals surface area contributed by atoms with E-state index >= 15 is 0 Å². The zero-order valence-electron chi connectivity index (χ0n) is 11.5. The molecule has 1 aromatic rings. The number of rotatable bonds is 2. The standard InChI is InChI=1S/C16H21NO3/c18-14-7-5-13(6-8-14)17-16(19)12-9-11-3-1-2-4-15(11)20-10-12/h1-4,12-14,18H,5-10H2,(H,17,19). The van der Waals surface area contributed by atoms with Gasteiger partial charge in [0.1, 0.15) is 12.4 Å². The van der Waals surface area contributed by atoms with E-state index in [0.717, 1.165) is 43.4 Å². The Hall–Kier alpha value is -1.55. The highest BCUT2D eigenvalue weighted by Crippen LogP contribution is 2.27. The van der Waals surface area contributed by atoms with Crippen LogP contribution >= 0.6 is 0 Å². The van der Waals surface area contributed by atoms with E-state index in [2.05, 4.69) is 5.32 Å². The van der Waals surface area contributed by atoms with Crippen molar-refractivity contribution in [3.8, 4) is 5.75 Å². The summed E-state index contributed by atoms with van der Waals surface area (Å²) >= 11 is 0. The average molecular weight is 275 g/mol. The summed E-state index contributed by atoms with van der Waals surface area (Å²) < 4.78 is 5.66. The Bertz CT molecular complexity index is 480. The summed E-state index contributed by atoms with van der Waals surface area (Å²) in [7, 11) is 0. The number of fused-ring (bicyclic) bond motifs is 1. The normalized spacial score (nSPS) is 29.1. The molecule has 1 aromatic carbocycles. The van der Waals surface area contributed by atoms with Crippen molar-refractivity contribution in [3.63, 3.8) is 0 Å². The van der Waals surface area contributed by atoms with Crippen LogP contribution in [0.5, 0.6) is 5.75 Å². The molecule has 20 heavy (non-hydrogen) atoms. The lowest BCUT2D eigenvalue weighted by atomic mass is 9.91. The minimum atomic E-state index is -0.187. The molecule has 4 nitrogen and oxygen atoms in total. The second kappa shape index (κ2) is 5.83. The van der Waals surface area contributed by atoms with Crippen molar-refractivity contribution in [2.24, 2.45) is 5.92 Å². The molecule has 2 aliphatic rings. The molecular weight excluding hydrogens is 254 g/mol. The Kier molecular flexibility index (Phi) is 3.92. The zero-order valence-corrected chi connectivity index (χ0v) is 11.5. The molecule has 1 atom stereocenters. The maximum Gasteiger partial charge on any atom is 0.227 e. The lowest BCUT2D eigenvalue weighted by Gasteiger charge is -2.29. The van der Waals surface area contributed by atoms with Gasteiger partial charge in [-0.3, -0.25) is 4.79 Å². The first-order valence-corrected chi connectivity index (χ1v) is 7.41. The van der Waals surface area contributed by atoms with Crippen LogP contribution in [0.1, 0.15) is 31.2 Å². The molecule has 0 spiro atoms. The molecular formula is C16H21NO3. The van der Waals surface area contributed by atoms with Crippen molar-refractivity contribution in [3.05, 3.63) is 29.8 Å². The number of hydrogen-bond donors (Lipinski definition) is 2. The van der Waals surface area contributed by atoms with E-state index in [-0.39, 0.29) is 24.0 Å². The Morgan fingerprint density at radius 3 is 2.75 bits per heavy atom. The van der Waals surface area contributed by atoms with Crippen molar-refractivity contribution in [2.75, 3.05) is 6.61 Å². The number of amides is 1. The van der Waals surface area contributed by atoms with Crippen molar-refractivity contribution in [2.45, 2.75) is 44.2 Å². The smallest absolute Gasteiger partial charge is 0.227 e. The van der Waals surface area contributed by atoms with Gasteiger partial charge in [-0.05, 0) is 43.7 Å². The van der Waals surface area contributed by atoms with Crippen molar-refractivity contribution in [1.82, 2.24) is 5.32 Å². The van der Waals surface area contributed by atoms with Gasteiger partial charge in [0.25, 0.3) is 0 Å².